The van der Waals surface area contributed by atoms with Gasteiger partial charge in [-0.1, -0.05) is 71.8 Å². The Balaban J connectivity index is 1.72. The van der Waals surface area contributed by atoms with Crippen LogP contribution in [-0.2, 0) is 0 Å². The van der Waals surface area contributed by atoms with Gasteiger partial charge in [0.2, 0.25) is 0 Å². The normalized spacial score (nSPS) is 11.2. The lowest BCUT2D eigenvalue weighted by molar-refractivity contribution is 1.19. The maximum absolute atomic E-state index is 6.17. The van der Waals surface area contributed by atoms with Crippen LogP contribution in [0, 0.1) is 6.92 Å². The monoisotopic (exact) mass is 372 g/mol. The zero-order chi connectivity index (χ0) is 18.6. The van der Waals surface area contributed by atoms with E-state index in [4.69, 9.17) is 16.6 Å². The molecule has 0 radical (unpaired) electrons. The van der Waals surface area contributed by atoms with Crippen LogP contribution < -0.4 is 5.43 Å². The minimum absolute atomic E-state index is 0.649. The predicted molar refractivity (Wildman–Crippen MR) is 112 cm³/mol. The van der Waals surface area contributed by atoms with E-state index in [-0.39, 0.29) is 0 Å². The van der Waals surface area contributed by atoms with Crippen LogP contribution in [0.3, 0.4) is 0 Å². The smallest absolute Gasteiger partial charge is 0.162 e. The maximum Gasteiger partial charge on any atom is 0.162 e. The van der Waals surface area contributed by atoms with Gasteiger partial charge in [-0.05, 0) is 25.1 Å². The minimum atomic E-state index is 0.649. The summed E-state index contributed by atoms with van der Waals surface area (Å²) in [5, 5.41) is 5.88. The number of rotatable bonds is 4. The lowest BCUT2D eigenvalue weighted by atomic mass is 10.1. The van der Waals surface area contributed by atoms with E-state index in [0.29, 0.717) is 16.7 Å². The van der Waals surface area contributed by atoms with E-state index in [1.807, 2.05) is 60.7 Å². The first-order valence-electron chi connectivity index (χ1n) is 8.58. The maximum atomic E-state index is 6.17. The van der Waals surface area contributed by atoms with Crippen LogP contribution in [0.4, 0.5) is 5.82 Å². The fourth-order valence-electron chi connectivity index (χ4n) is 2.74. The molecule has 4 rings (SSSR count). The number of anilines is 1. The summed E-state index contributed by atoms with van der Waals surface area (Å²) in [6.45, 7) is 2.06. The third-order valence-electron chi connectivity index (χ3n) is 4.19. The van der Waals surface area contributed by atoms with Gasteiger partial charge in [-0.3, -0.25) is 5.43 Å². The van der Waals surface area contributed by atoms with Crippen molar-refractivity contribution in [1.29, 1.82) is 0 Å². The SMILES string of the molecule is Cc1ccc(-c2nc(NN=Cc3ccccc3Cl)c3ccccc3n2)cc1. The van der Waals surface area contributed by atoms with Crippen molar-refractivity contribution in [1.82, 2.24) is 9.97 Å². The van der Waals surface area contributed by atoms with Crippen molar-refractivity contribution in [3.63, 3.8) is 0 Å². The molecule has 0 fully saturated rings. The highest BCUT2D eigenvalue weighted by atomic mass is 35.5. The highest BCUT2D eigenvalue weighted by Crippen LogP contribution is 2.25. The summed E-state index contributed by atoms with van der Waals surface area (Å²) in [7, 11) is 0. The van der Waals surface area contributed by atoms with Crippen LogP contribution in [0.25, 0.3) is 22.3 Å². The van der Waals surface area contributed by atoms with Crippen molar-refractivity contribution >= 4 is 34.5 Å². The van der Waals surface area contributed by atoms with E-state index in [9.17, 15) is 0 Å². The standard InChI is InChI=1S/C22H17ClN4/c1-15-10-12-16(13-11-15)21-25-20-9-5-3-7-18(20)22(26-21)27-24-14-17-6-2-4-8-19(17)23/h2-14H,1H3,(H,25,26,27). The fourth-order valence-corrected chi connectivity index (χ4v) is 2.92. The van der Waals surface area contributed by atoms with Crippen molar-refractivity contribution in [3.8, 4) is 11.4 Å². The lowest BCUT2D eigenvalue weighted by Gasteiger charge is -2.08. The van der Waals surface area contributed by atoms with Gasteiger partial charge >= 0.3 is 0 Å². The van der Waals surface area contributed by atoms with Gasteiger partial charge in [-0.25, -0.2) is 9.97 Å². The van der Waals surface area contributed by atoms with Crippen LogP contribution >= 0.6 is 11.6 Å². The van der Waals surface area contributed by atoms with Crippen molar-refractivity contribution < 1.29 is 0 Å². The molecular weight excluding hydrogens is 356 g/mol. The fraction of sp³-hybridized carbons (Fsp3) is 0.0455. The van der Waals surface area contributed by atoms with Crippen LogP contribution in [-0.4, -0.2) is 16.2 Å². The molecule has 1 N–H and O–H groups in total. The Hall–Kier alpha value is -3.24. The Morgan fingerprint density at radius 2 is 1.63 bits per heavy atom. The molecule has 0 amide bonds. The summed E-state index contributed by atoms with van der Waals surface area (Å²) in [6, 6.07) is 23.6. The first-order chi connectivity index (χ1) is 13.2. The number of hydrogen-bond donors (Lipinski definition) is 1. The molecule has 132 valence electrons. The lowest BCUT2D eigenvalue weighted by Crippen LogP contribution is -1.99. The van der Waals surface area contributed by atoms with Crippen molar-refractivity contribution in [2.45, 2.75) is 6.92 Å². The Morgan fingerprint density at radius 1 is 0.889 bits per heavy atom. The third kappa shape index (κ3) is 3.81. The number of hydrazone groups is 1. The largest absolute Gasteiger partial charge is 0.261 e. The van der Waals surface area contributed by atoms with Crippen molar-refractivity contribution in [3.05, 3.63) is 88.9 Å². The summed E-state index contributed by atoms with van der Waals surface area (Å²) in [6.07, 6.45) is 1.69. The van der Waals surface area contributed by atoms with Gasteiger partial charge in [0.25, 0.3) is 0 Å². The number of aryl methyl sites for hydroxylation is 1. The molecule has 0 aliphatic carbocycles. The number of halogens is 1. The number of nitrogens with zero attached hydrogens (tertiary/aromatic N) is 3. The summed E-state index contributed by atoms with van der Waals surface area (Å²) in [5.41, 5.74) is 6.90. The van der Waals surface area contributed by atoms with Gasteiger partial charge in [0, 0.05) is 21.5 Å². The number of fused-ring (bicyclic) bond motifs is 1. The topological polar surface area (TPSA) is 50.2 Å². The molecule has 1 aromatic heterocycles. The molecule has 0 saturated carbocycles. The molecule has 0 aliphatic rings. The van der Waals surface area contributed by atoms with E-state index < -0.39 is 0 Å². The summed E-state index contributed by atoms with van der Waals surface area (Å²) in [4.78, 5) is 9.38. The van der Waals surface area contributed by atoms with Gasteiger partial charge in [-0.15, -0.1) is 0 Å². The number of hydrogen-bond acceptors (Lipinski definition) is 4. The van der Waals surface area contributed by atoms with E-state index in [1.165, 1.54) is 5.56 Å². The second-order valence-electron chi connectivity index (χ2n) is 6.17. The average Bonchev–Trinajstić information content (AvgIpc) is 2.70. The quantitative estimate of drug-likeness (QED) is 0.369. The molecule has 0 atom stereocenters. The highest BCUT2D eigenvalue weighted by Gasteiger charge is 2.08. The van der Waals surface area contributed by atoms with Gasteiger partial charge in [0.1, 0.15) is 0 Å². The Labute approximate surface area is 162 Å². The van der Waals surface area contributed by atoms with Crippen molar-refractivity contribution in [2.24, 2.45) is 5.10 Å². The van der Waals surface area contributed by atoms with Crippen LogP contribution in [0.2, 0.25) is 5.02 Å². The first-order valence-corrected chi connectivity index (χ1v) is 8.96. The van der Waals surface area contributed by atoms with Gasteiger partial charge in [0.05, 0.1) is 11.7 Å². The predicted octanol–water partition coefficient (Wildman–Crippen LogP) is 5.70. The van der Waals surface area contributed by atoms with Crippen LogP contribution in [0.1, 0.15) is 11.1 Å². The minimum Gasteiger partial charge on any atom is -0.261 e. The zero-order valence-electron chi connectivity index (χ0n) is 14.7. The molecule has 3 aromatic carbocycles. The second-order valence-corrected chi connectivity index (χ2v) is 6.58. The van der Waals surface area contributed by atoms with E-state index >= 15 is 0 Å². The third-order valence-corrected chi connectivity index (χ3v) is 4.54. The Morgan fingerprint density at radius 3 is 2.44 bits per heavy atom. The molecule has 5 heteroatoms. The van der Waals surface area contributed by atoms with Gasteiger partial charge in [0.15, 0.2) is 11.6 Å². The number of aromatic nitrogens is 2. The van der Waals surface area contributed by atoms with Gasteiger partial charge < -0.3 is 0 Å². The number of benzene rings is 3. The molecule has 4 aromatic rings. The summed E-state index contributed by atoms with van der Waals surface area (Å²) in [5.74, 6) is 1.31. The summed E-state index contributed by atoms with van der Waals surface area (Å²) >= 11 is 6.17. The van der Waals surface area contributed by atoms with Crippen molar-refractivity contribution in [2.75, 3.05) is 5.43 Å². The van der Waals surface area contributed by atoms with Crippen LogP contribution in [0.5, 0.6) is 0 Å². The molecule has 0 bridgehead atoms. The number of nitrogens with one attached hydrogen (secondary N) is 1. The van der Waals surface area contributed by atoms with E-state index in [1.54, 1.807) is 6.21 Å². The zero-order valence-corrected chi connectivity index (χ0v) is 15.5. The second kappa shape index (κ2) is 7.56. The molecular formula is C22H17ClN4. The summed E-state index contributed by atoms with van der Waals surface area (Å²) < 4.78 is 0. The first kappa shape index (κ1) is 17.2. The van der Waals surface area contributed by atoms with E-state index in [2.05, 4.69) is 34.6 Å². The molecule has 0 saturated heterocycles. The molecule has 27 heavy (non-hydrogen) atoms. The number of para-hydroxylation sites is 1. The van der Waals surface area contributed by atoms with Crippen LogP contribution in [0.15, 0.2) is 77.9 Å². The van der Waals surface area contributed by atoms with Gasteiger partial charge in [-0.2, -0.15) is 5.10 Å². The Kier molecular flexibility index (Phi) is 4.81. The molecule has 4 nitrogen and oxygen atoms in total. The van der Waals surface area contributed by atoms with E-state index in [0.717, 1.165) is 22.0 Å². The molecule has 0 aliphatic heterocycles. The Bertz CT molecular complexity index is 1120. The molecule has 1 heterocycles. The highest BCUT2D eigenvalue weighted by molar-refractivity contribution is 6.33. The average molecular weight is 373 g/mol. The molecule has 0 unspecified atom stereocenters. The molecule has 0 spiro atoms.